The van der Waals surface area contributed by atoms with E-state index in [1.807, 2.05) is 13.8 Å². The summed E-state index contributed by atoms with van der Waals surface area (Å²) in [4.78, 5) is 35.5. The second-order valence-electron chi connectivity index (χ2n) is 6.16. The number of rotatable bonds is 7. The van der Waals surface area contributed by atoms with E-state index in [4.69, 9.17) is 4.74 Å². The van der Waals surface area contributed by atoms with Crippen LogP contribution < -0.4 is 15.4 Å². The van der Waals surface area contributed by atoms with E-state index >= 15 is 0 Å². The van der Waals surface area contributed by atoms with Crippen LogP contribution >= 0.6 is 0 Å². The Labute approximate surface area is 158 Å². The molecule has 0 bridgehead atoms. The molecular weight excluding hydrogens is 344 g/mol. The number of ether oxygens (including phenoxy) is 1. The predicted molar refractivity (Wildman–Crippen MR) is 105 cm³/mol. The molecule has 2 aromatic carbocycles. The minimum Gasteiger partial charge on any atom is -0.427 e. The van der Waals surface area contributed by atoms with Gasteiger partial charge in [0, 0.05) is 29.8 Å². The molecule has 0 aliphatic rings. The van der Waals surface area contributed by atoms with E-state index in [1.54, 1.807) is 42.5 Å². The lowest BCUT2D eigenvalue weighted by Crippen LogP contribution is -2.21. The van der Waals surface area contributed by atoms with E-state index < -0.39 is 5.97 Å². The summed E-state index contributed by atoms with van der Waals surface area (Å²) in [6, 6.07) is 13.3. The van der Waals surface area contributed by atoms with Crippen molar-refractivity contribution in [3.05, 3.63) is 54.1 Å². The van der Waals surface area contributed by atoms with E-state index in [0.717, 1.165) is 12.8 Å². The van der Waals surface area contributed by atoms with Gasteiger partial charge in [0.25, 0.3) is 5.91 Å². The van der Waals surface area contributed by atoms with Crippen molar-refractivity contribution in [1.29, 1.82) is 0 Å². The van der Waals surface area contributed by atoms with Crippen LogP contribution in [0.15, 0.2) is 48.5 Å². The Kier molecular flexibility index (Phi) is 7.11. The first-order valence-corrected chi connectivity index (χ1v) is 8.93. The quantitative estimate of drug-likeness (QED) is 0.565. The SMILES string of the molecule is CCC(CC)C(=O)Nc1ccc(NC(=O)c2cccc(OC(C)=O)c2)cc1. The fourth-order valence-corrected chi connectivity index (χ4v) is 2.61. The molecule has 0 unspecified atom stereocenters. The molecule has 0 radical (unpaired) electrons. The predicted octanol–water partition coefficient (Wildman–Crippen LogP) is 4.24. The molecule has 0 spiro atoms. The van der Waals surface area contributed by atoms with Crippen molar-refractivity contribution in [3.8, 4) is 5.75 Å². The molecule has 0 heterocycles. The third-order valence-corrected chi connectivity index (χ3v) is 4.12. The summed E-state index contributed by atoms with van der Waals surface area (Å²) in [6.07, 6.45) is 1.59. The fraction of sp³-hybridized carbons (Fsp3) is 0.286. The summed E-state index contributed by atoms with van der Waals surface area (Å²) in [5.74, 6) is -0.459. The van der Waals surface area contributed by atoms with Gasteiger partial charge < -0.3 is 15.4 Å². The van der Waals surface area contributed by atoms with Gasteiger partial charge in [-0.3, -0.25) is 14.4 Å². The molecule has 27 heavy (non-hydrogen) atoms. The number of hydrogen-bond donors (Lipinski definition) is 2. The van der Waals surface area contributed by atoms with Gasteiger partial charge in [-0.2, -0.15) is 0 Å². The third kappa shape index (κ3) is 5.95. The normalized spacial score (nSPS) is 10.4. The van der Waals surface area contributed by atoms with E-state index in [2.05, 4.69) is 10.6 Å². The highest BCUT2D eigenvalue weighted by molar-refractivity contribution is 6.04. The zero-order valence-electron chi connectivity index (χ0n) is 15.7. The maximum Gasteiger partial charge on any atom is 0.308 e. The topological polar surface area (TPSA) is 84.5 Å². The van der Waals surface area contributed by atoms with Gasteiger partial charge in [-0.15, -0.1) is 0 Å². The first-order chi connectivity index (χ1) is 12.9. The first kappa shape index (κ1) is 20.2. The maximum atomic E-state index is 12.4. The lowest BCUT2D eigenvalue weighted by Gasteiger charge is -2.13. The van der Waals surface area contributed by atoms with Gasteiger partial charge in [0.1, 0.15) is 5.75 Å². The number of nitrogens with one attached hydrogen (secondary N) is 2. The zero-order valence-corrected chi connectivity index (χ0v) is 15.7. The maximum absolute atomic E-state index is 12.4. The second kappa shape index (κ2) is 9.52. The van der Waals surface area contributed by atoms with E-state index in [9.17, 15) is 14.4 Å². The number of benzene rings is 2. The highest BCUT2D eigenvalue weighted by Gasteiger charge is 2.14. The molecule has 6 nitrogen and oxygen atoms in total. The van der Waals surface area contributed by atoms with Crippen molar-refractivity contribution < 1.29 is 19.1 Å². The van der Waals surface area contributed by atoms with Gasteiger partial charge in [-0.1, -0.05) is 19.9 Å². The third-order valence-electron chi connectivity index (χ3n) is 4.12. The average Bonchev–Trinajstić information content (AvgIpc) is 2.64. The summed E-state index contributed by atoms with van der Waals surface area (Å²) < 4.78 is 4.99. The van der Waals surface area contributed by atoms with E-state index in [1.165, 1.54) is 13.0 Å². The van der Waals surface area contributed by atoms with Gasteiger partial charge in [-0.05, 0) is 55.3 Å². The summed E-state index contributed by atoms with van der Waals surface area (Å²) in [5, 5.41) is 5.65. The Balaban J connectivity index is 2.01. The summed E-state index contributed by atoms with van der Waals surface area (Å²) >= 11 is 0. The van der Waals surface area contributed by atoms with E-state index in [0.29, 0.717) is 22.7 Å². The molecular formula is C21H24N2O4. The van der Waals surface area contributed by atoms with Crippen molar-refractivity contribution >= 4 is 29.2 Å². The number of anilines is 2. The Hall–Kier alpha value is -3.15. The number of amides is 2. The highest BCUT2D eigenvalue weighted by Crippen LogP contribution is 2.18. The van der Waals surface area contributed by atoms with Gasteiger partial charge in [0.15, 0.2) is 0 Å². The molecule has 142 valence electrons. The number of carbonyl (C=O) groups excluding carboxylic acids is 3. The Morgan fingerprint density at radius 2 is 1.52 bits per heavy atom. The minimum absolute atomic E-state index is 0.000859. The molecule has 0 fully saturated rings. The largest absolute Gasteiger partial charge is 0.427 e. The van der Waals surface area contributed by atoms with Crippen LogP contribution in [0.25, 0.3) is 0 Å². The first-order valence-electron chi connectivity index (χ1n) is 8.93. The smallest absolute Gasteiger partial charge is 0.308 e. The molecule has 6 heteroatoms. The van der Waals surface area contributed by atoms with Crippen molar-refractivity contribution in [1.82, 2.24) is 0 Å². The van der Waals surface area contributed by atoms with Crippen molar-refractivity contribution in [3.63, 3.8) is 0 Å². The van der Waals surface area contributed by atoms with Crippen LogP contribution in [0.1, 0.15) is 44.0 Å². The molecule has 2 N–H and O–H groups in total. The summed E-state index contributed by atoms with van der Waals surface area (Å²) in [7, 11) is 0. The van der Waals surface area contributed by atoms with Crippen LogP contribution in [-0.4, -0.2) is 17.8 Å². The molecule has 0 atom stereocenters. The number of carbonyl (C=O) groups is 3. The average molecular weight is 368 g/mol. The van der Waals surface area contributed by atoms with Crippen molar-refractivity contribution in [2.75, 3.05) is 10.6 Å². The molecule has 0 aromatic heterocycles. The number of esters is 1. The van der Waals surface area contributed by atoms with Crippen LogP contribution in [0.2, 0.25) is 0 Å². The van der Waals surface area contributed by atoms with Gasteiger partial charge in [0.2, 0.25) is 5.91 Å². The van der Waals surface area contributed by atoms with Crippen LogP contribution in [-0.2, 0) is 9.59 Å². The monoisotopic (exact) mass is 368 g/mol. The minimum atomic E-state index is -0.446. The van der Waals surface area contributed by atoms with Crippen LogP contribution in [0.4, 0.5) is 11.4 Å². The Morgan fingerprint density at radius 1 is 0.926 bits per heavy atom. The highest BCUT2D eigenvalue weighted by atomic mass is 16.5. The molecule has 2 amide bonds. The molecule has 2 aromatic rings. The standard InChI is InChI=1S/C21H24N2O4/c1-4-15(5-2)20(25)22-17-9-11-18(12-10-17)23-21(26)16-7-6-8-19(13-16)27-14(3)24/h6-13,15H,4-5H2,1-3H3,(H,22,25)(H,23,26). The Bertz CT molecular complexity index is 811. The Morgan fingerprint density at radius 3 is 2.07 bits per heavy atom. The van der Waals surface area contributed by atoms with Crippen LogP contribution in [0.3, 0.4) is 0 Å². The van der Waals surface area contributed by atoms with Gasteiger partial charge in [-0.25, -0.2) is 0 Å². The number of hydrogen-bond acceptors (Lipinski definition) is 4. The van der Waals surface area contributed by atoms with Gasteiger partial charge >= 0.3 is 5.97 Å². The second-order valence-corrected chi connectivity index (χ2v) is 6.16. The van der Waals surface area contributed by atoms with Crippen LogP contribution in [0, 0.1) is 5.92 Å². The van der Waals surface area contributed by atoms with Gasteiger partial charge in [0.05, 0.1) is 0 Å². The fourth-order valence-electron chi connectivity index (χ4n) is 2.61. The zero-order chi connectivity index (χ0) is 19.8. The molecule has 2 rings (SSSR count). The molecule has 0 aliphatic heterocycles. The molecule has 0 aliphatic carbocycles. The summed E-state index contributed by atoms with van der Waals surface area (Å²) in [6.45, 7) is 5.28. The van der Waals surface area contributed by atoms with Crippen LogP contribution in [0.5, 0.6) is 5.75 Å². The van der Waals surface area contributed by atoms with Crippen molar-refractivity contribution in [2.24, 2.45) is 5.92 Å². The van der Waals surface area contributed by atoms with E-state index in [-0.39, 0.29) is 17.7 Å². The molecule has 0 saturated heterocycles. The van der Waals surface area contributed by atoms with Crippen molar-refractivity contribution in [2.45, 2.75) is 33.6 Å². The molecule has 0 saturated carbocycles. The lowest BCUT2D eigenvalue weighted by molar-refractivity contribution is -0.131. The lowest BCUT2D eigenvalue weighted by atomic mass is 10.0. The summed E-state index contributed by atoms with van der Waals surface area (Å²) in [5.41, 5.74) is 1.65.